The maximum absolute atomic E-state index is 13.4. The summed E-state index contributed by atoms with van der Waals surface area (Å²) in [6, 6.07) is 15.2. The van der Waals surface area contributed by atoms with Crippen molar-refractivity contribution in [3.05, 3.63) is 87.9 Å². The molecule has 0 atom stereocenters. The number of Topliss-reactive ketones (excluding diaryl/α,β-unsaturated/α-hetero) is 1. The molecule has 4 rings (SSSR count). The van der Waals surface area contributed by atoms with E-state index in [1.54, 1.807) is 40.0 Å². The first-order valence-electron chi connectivity index (χ1n) is 10.3. The van der Waals surface area contributed by atoms with Crippen LogP contribution in [0.3, 0.4) is 0 Å². The highest BCUT2D eigenvalue weighted by Gasteiger charge is 2.24. The van der Waals surface area contributed by atoms with Gasteiger partial charge in [0.05, 0.1) is 28.5 Å². The molecule has 0 aliphatic carbocycles. The fourth-order valence-electron chi connectivity index (χ4n) is 3.69. The minimum absolute atomic E-state index is 0.159. The van der Waals surface area contributed by atoms with E-state index in [1.165, 1.54) is 12.1 Å². The molecule has 2 aromatic heterocycles. The maximum Gasteiger partial charge on any atom is 0.295 e. The smallest absolute Gasteiger partial charge is 0.295 e. The van der Waals surface area contributed by atoms with Gasteiger partial charge in [0.2, 0.25) is 0 Å². The third kappa shape index (κ3) is 3.53. The molecule has 7 nitrogen and oxygen atoms in total. The molecule has 0 aliphatic rings. The van der Waals surface area contributed by atoms with Crippen LogP contribution in [0, 0.1) is 19.7 Å². The number of nitrogens with zero attached hydrogens (tertiary/aromatic N) is 4. The van der Waals surface area contributed by atoms with Gasteiger partial charge in [-0.15, -0.1) is 0 Å². The van der Waals surface area contributed by atoms with Gasteiger partial charge in [-0.05, 0) is 50.2 Å². The van der Waals surface area contributed by atoms with Crippen molar-refractivity contribution >= 4 is 17.2 Å². The van der Waals surface area contributed by atoms with E-state index in [2.05, 4.69) is 10.4 Å². The summed E-state index contributed by atoms with van der Waals surface area (Å²) in [5, 5.41) is 7.68. The van der Waals surface area contributed by atoms with Crippen molar-refractivity contribution in [1.82, 2.24) is 19.1 Å². The monoisotopic (exact) mass is 433 g/mol. The van der Waals surface area contributed by atoms with Crippen LogP contribution in [0.25, 0.3) is 11.4 Å². The molecular weight excluding hydrogens is 409 g/mol. The summed E-state index contributed by atoms with van der Waals surface area (Å²) in [4.78, 5) is 26.0. The zero-order valence-corrected chi connectivity index (χ0v) is 18.4. The van der Waals surface area contributed by atoms with Crippen molar-refractivity contribution in [2.75, 3.05) is 5.32 Å². The van der Waals surface area contributed by atoms with Gasteiger partial charge in [-0.3, -0.25) is 14.3 Å². The number of halogens is 1. The predicted octanol–water partition coefficient (Wildman–Crippen LogP) is 4.45. The topological polar surface area (TPSA) is 73.8 Å². The van der Waals surface area contributed by atoms with Gasteiger partial charge in [0.25, 0.3) is 5.56 Å². The molecule has 4 aromatic rings. The zero-order chi connectivity index (χ0) is 23.0. The molecule has 0 saturated carbocycles. The van der Waals surface area contributed by atoms with Crippen LogP contribution in [-0.4, -0.2) is 24.9 Å². The number of ketones is 1. The molecule has 164 valence electrons. The lowest BCUT2D eigenvalue weighted by Gasteiger charge is -2.08. The Labute approximate surface area is 184 Å². The molecule has 0 saturated heterocycles. The number of anilines is 2. The third-order valence-corrected chi connectivity index (χ3v) is 5.58. The summed E-state index contributed by atoms with van der Waals surface area (Å²) in [5.41, 5.74) is 3.54. The molecular formula is C24H24FN5O2. The van der Waals surface area contributed by atoms with Crippen molar-refractivity contribution in [1.29, 1.82) is 0 Å². The van der Waals surface area contributed by atoms with Gasteiger partial charge in [0, 0.05) is 13.5 Å². The molecule has 2 heterocycles. The largest absolute Gasteiger partial charge is 0.346 e. The first kappa shape index (κ1) is 21.3. The third-order valence-electron chi connectivity index (χ3n) is 5.58. The summed E-state index contributed by atoms with van der Waals surface area (Å²) in [7, 11) is 1.81. The zero-order valence-electron chi connectivity index (χ0n) is 18.4. The second kappa shape index (κ2) is 8.30. The first-order valence-corrected chi connectivity index (χ1v) is 10.3. The Kier molecular flexibility index (Phi) is 5.52. The van der Waals surface area contributed by atoms with Gasteiger partial charge in [0.15, 0.2) is 11.5 Å². The van der Waals surface area contributed by atoms with Crippen LogP contribution in [0.4, 0.5) is 15.8 Å². The van der Waals surface area contributed by atoms with Gasteiger partial charge < -0.3 is 5.32 Å². The van der Waals surface area contributed by atoms with Crippen LogP contribution in [-0.2, 0) is 7.05 Å². The lowest BCUT2D eigenvalue weighted by atomic mass is 10.2. The Bertz CT molecular complexity index is 1350. The second-order valence-corrected chi connectivity index (χ2v) is 7.54. The molecule has 0 bridgehead atoms. The van der Waals surface area contributed by atoms with Crippen molar-refractivity contribution in [3.8, 4) is 11.4 Å². The van der Waals surface area contributed by atoms with Crippen LogP contribution in [0.15, 0.2) is 59.4 Å². The van der Waals surface area contributed by atoms with Crippen LogP contribution in [0.2, 0.25) is 0 Å². The lowest BCUT2D eigenvalue weighted by Crippen LogP contribution is -2.20. The number of nitrogens with one attached hydrogen (secondary N) is 1. The Morgan fingerprint density at radius 3 is 2.25 bits per heavy atom. The molecule has 32 heavy (non-hydrogen) atoms. The highest BCUT2D eigenvalue weighted by molar-refractivity contribution is 6.00. The molecule has 0 unspecified atom stereocenters. The lowest BCUT2D eigenvalue weighted by molar-refractivity contribution is 0.0983. The highest BCUT2D eigenvalue weighted by Crippen LogP contribution is 2.28. The summed E-state index contributed by atoms with van der Waals surface area (Å²) in [6.07, 6.45) is 0.260. The quantitative estimate of drug-likeness (QED) is 0.456. The standard InChI is InChI=1S/C24H24FN5O2/c1-5-20(31)23-21(16(3)29(27-23)18-13-11-17(25)12-14-18)26-22-15(2)28(4)30(24(22)32)19-9-7-6-8-10-19/h6-14,26H,5H2,1-4H3. The fourth-order valence-corrected chi connectivity index (χ4v) is 3.69. The number of aromatic nitrogens is 4. The number of benzene rings is 2. The van der Waals surface area contributed by atoms with Crippen molar-refractivity contribution in [2.45, 2.75) is 27.2 Å². The number of carbonyl (C=O) groups is 1. The van der Waals surface area contributed by atoms with Gasteiger partial charge in [-0.2, -0.15) is 5.10 Å². The van der Waals surface area contributed by atoms with Gasteiger partial charge in [-0.25, -0.2) is 13.8 Å². The van der Waals surface area contributed by atoms with Gasteiger partial charge in [-0.1, -0.05) is 25.1 Å². The SMILES string of the molecule is CCC(=O)c1nn(-c2ccc(F)cc2)c(C)c1Nc1c(C)n(C)n(-c2ccccc2)c1=O. The van der Waals surface area contributed by atoms with Crippen molar-refractivity contribution in [3.63, 3.8) is 0 Å². The summed E-state index contributed by atoms with van der Waals surface area (Å²) >= 11 is 0. The number of rotatable bonds is 6. The summed E-state index contributed by atoms with van der Waals surface area (Å²) in [6.45, 7) is 5.40. The minimum atomic E-state index is -0.358. The van der Waals surface area contributed by atoms with E-state index in [-0.39, 0.29) is 29.3 Å². The van der Waals surface area contributed by atoms with Gasteiger partial charge in [0.1, 0.15) is 11.5 Å². The average molecular weight is 433 g/mol. The van der Waals surface area contributed by atoms with Crippen LogP contribution in [0.1, 0.15) is 35.2 Å². The number of para-hydroxylation sites is 1. The maximum atomic E-state index is 13.4. The average Bonchev–Trinajstić information content (AvgIpc) is 3.23. The number of hydrogen-bond donors (Lipinski definition) is 1. The Morgan fingerprint density at radius 1 is 0.969 bits per heavy atom. The fraction of sp³-hybridized carbons (Fsp3) is 0.208. The van der Waals surface area contributed by atoms with E-state index in [4.69, 9.17) is 0 Å². The Balaban J connectivity index is 1.86. The van der Waals surface area contributed by atoms with Crippen LogP contribution < -0.4 is 10.9 Å². The second-order valence-electron chi connectivity index (χ2n) is 7.54. The number of carbonyl (C=O) groups excluding carboxylic acids is 1. The summed E-state index contributed by atoms with van der Waals surface area (Å²) < 4.78 is 18.3. The molecule has 0 fully saturated rings. The highest BCUT2D eigenvalue weighted by atomic mass is 19.1. The number of hydrogen-bond acceptors (Lipinski definition) is 4. The first-order chi connectivity index (χ1) is 15.3. The van der Waals surface area contributed by atoms with Gasteiger partial charge >= 0.3 is 0 Å². The van der Waals surface area contributed by atoms with E-state index in [0.29, 0.717) is 28.5 Å². The van der Waals surface area contributed by atoms with Crippen LogP contribution >= 0.6 is 0 Å². The molecule has 0 radical (unpaired) electrons. The molecule has 2 aromatic carbocycles. The molecule has 0 aliphatic heterocycles. The molecule has 8 heteroatoms. The van der Waals surface area contributed by atoms with E-state index in [0.717, 1.165) is 5.69 Å². The normalized spacial score (nSPS) is 11.0. The van der Waals surface area contributed by atoms with Crippen molar-refractivity contribution in [2.24, 2.45) is 7.05 Å². The molecule has 0 spiro atoms. The van der Waals surface area contributed by atoms with E-state index in [1.807, 2.05) is 44.3 Å². The van der Waals surface area contributed by atoms with E-state index >= 15 is 0 Å². The van der Waals surface area contributed by atoms with E-state index in [9.17, 15) is 14.0 Å². The van der Waals surface area contributed by atoms with Crippen LogP contribution in [0.5, 0.6) is 0 Å². The minimum Gasteiger partial charge on any atom is -0.346 e. The van der Waals surface area contributed by atoms with E-state index < -0.39 is 0 Å². The van der Waals surface area contributed by atoms with Crippen molar-refractivity contribution < 1.29 is 9.18 Å². The molecule has 0 amide bonds. The molecule has 1 N–H and O–H groups in total. The Morgan fingerprint density at radius 2 is 1.62 bits per heavy atom. The Hall–Kier alpha value is -3.94. The predicted molar refractivity (Wildman–Crippen MR) is 122 cm³/mol. The summed E-state index contributed by atoms with van der Waals surface area (Å²) in [5.74, 6) is -0.517.